The van der Waals surface area contributed by atoms with Crippen LogP contribution in [0.1, 0.15) is 167 Å². The van der Waals surface area contributed by atoms with E-state index in [1.54, 1.807) is 0 Å². The summed E-state index contributed by atoms with van der Waals surface area (Å²) in [6, 6.07) is 16.8. The highest BCUT2D eigenvalue weighted by atomic mass is 16.5. The molecule has 0 saturated heterocycles. The number of ether oxygens (including phenoxy) is 2. The van der Waals surface area contributed by atoms with Gasteiger partial charge in [0.25, 0.3) is 0 Å². The lowest BCUT2D eigenvalue weighted by Gasteiger charge is -2.14. The Balaban J connectivity index is 1.57. The van der Waals surface area contributed by atoms with Gasteiger partial charge in [0.1, 0.15) is 11.9 Å². The van der Waals surface area contributed by atoms with Crippen LogP contribution in [-0.4, -0.2) is 12.6 Å². The molecule has 0 spiro atoms. The van der Waals surface area contributed by atoms with Gasteiger partial charge in [0, 0.05) is 6.42 Å². The lowest BCUT2D eigenvalue weighted by Crippen LogP contribution is -2.08. The van der Waals surface area contributed by atoms with Gasteiger partial charge >= 0.3 is 5.97 Å². The van der Waals surface area contributed by atoms with E-state index in [0.717, 1.165) is 42.7 Å². The van der Waals surface area contributed by atoms with Crippen molar-refractivity contribution in [3.8, 4) is 16.9 Å². The number of unbranched alkanes of at least 4 members (excludes halogenated alkanes) is 18. The summed E-state index contributed by atoms with van der Waals surface area (Å²) in [4.78, 5) is 12.3. The van der Waals surface area contributed by atoms with Crippen molar-refractivity contribution in [1.82, 2.24) is 0 Å². The molecule has 3 nitrogen and oxygen atoms in total. The van der Waals surface area contributed by atoms with Gasteiger partial charge < -0.3 is 9.47 Å². The average molecular weight is 579 g/mol. The normalized spacial score (nSPS) is 11.9. The van der Waals surface area contributed by atoms with Gasteiger partial charge in [-0.1, -0.05) is 166 Å². The first-order valence-electron chi connectivity index (χ1n) is 17.7. The van der Waals surface area contributed by atoms with Crippen LogP contribution in [0.2, 0.25) is 0 Å². The van der Waals surface area contributed by atoms with Gasteiger partial charge in [-0.2, -0.15) is 0 Å². The summed E-state index contributed by atoms with van der Waals surface area (Å²) in [5, 5.41) is 0. The van der Waals surface area contributed by atoms with Gasteiger partial charge in [0.15, 0.2) is 0 Å². The summed E-state index contributed by atoms with van der Waals surface area (Å²) in [5.74, 6) is 0.855. The fourth-order valence-corrected chi connectivity index (χ4v) is 5.55. The van der Waals surface area contributed by atoms with Crippen LogP contribution in [-0.2, 0) is 9.53 Å². The van der Waals surface area contributed by atoms with Crippen LogP contribution < -0.4 is 4.74 Å². The lowest BCUT2D eigenvalue weighted by molar-refractivity contribution is -0.148. The molecule has 2 aromatic carbocycles. The summed E-state index contributed by atoms with van der Waals surface area (Å²) < 4.78 is 11.7. The second kappa shape index (κ2) is 24.2. The molecule has 1 unspecified atom stereocenters. The second-order valence-corrected chi connectivity index (χ2v) is 12.2. The molecule has 42 heavy (non-hydrogen) atoms. The van der Waals surface area contributed by atoms with Gasteiger partial charge in [-0.3, -0.25) is 4.79 Å². The summed E-state index contributed by atoms with van der Waals surface area (Å²) in [6.07, 6.45) is 26.4. The van der Waals surface area contributed by atoms with E-state index in [2.05, 4.69) is 62.4 Å². The molecule has 0 aliphatic heterocycles. The molecule has 3 heteroatoms. The van der Waals surface area contributed by atoms with Crippen molar-refractivity contribution in [2.75, 3.05) is 6.61 Å². The van der Waals surface area contributed by atoms with E-state index in [1.807, 2.05) is 6.92 Å². The first-order chi connectivity index (χ1) is 20.6. The zero-order valence-electron chi connectivity index (χ0n) is 27.5. The molecule has 0 radical (unpaired) electrons. The van der Waals surface area contributed by atoms with Crippen molar-refractivity contribution >= 4 is 5.97 Å². The molecule has 0 heterocycles. The number of carbonyl (C=O) groups is 1. The van der Waals surface area contributed by atoms with Crippen LogP contribution in [0.15, 0.2) is 48.5 Å². The smallest absolute Gasteiger partial charge is 0.306 e. The molecule has 1 atom stereocenters. The Hall–Kier alpha value is -2.29. The Morgan fingerprint density at radius 3 is 1.43 bits per heavy atom. The molecule has 0 fully saturated rings. The van der Waals surface area contributed by atoms with Crippen LogP contribution in [0.5, 0.6) is 5.75 Å². The van der Waals surface area contributed by atoms with E-state index in [9.17, 15) is 4.79 Å². The summed E-state index contributed by atoms with van der Waals surface area (Å²) in [6.45, 7) is 7.29. The first-order valence-corrected chi connectivity index (χ1v) is 17.7. The zero-order chi connectivity index (χ0) is 30.1. The SMILES string of the molecule is CCCCCCCCCCCCCOc1ccc(-c2ccc(C(C)OC(=O)CCCCCCCCCCC)cc2)cc1. The number of hydrogen-bond acceptors (Lipinski definition) is 3. The van der Waals surface area contributed by atoms with Crippen LogP contribution in [0.4, 0.5) is 0 Å². The number of benzene rings is 2. The van der Waals surface area contributed by atoms with Crippen molar-refractivity contribution in [2.45, 2.75) is 162 Å². The molecule has 2 aromatic rings. The Labute approximate surface area is 259 Å². The summed E-state index contributed by atoms with van der Waals surface area (Å²) in [5.41, 5.74) is 3.36. The van der Waals surface area contributed by atoms with Gasteiger partial charge in [-0.25, -0.2) is 0 Å². The van der Waals surface area contributed by atoms with Gasteiger partial charge in [0.2, 0.25) is 0 Å². The minimum atomic E-state index is -0.226. The van der Waals surface area contributed by atoms with Gasteiger partial charge in [-0.05, 0) is 48.6 Å². The Kier molecular flexibility index (Phi) is 20.7. The fourth-order valence-electron chi connectivity index (χ4n) is 5.55. The molecule has 0 aromatic heterocycles. The fraction of sp³-hybridized carbons (Fsp3) is 0.667. The zero-order valence-corrected chi connectivity index (χ0v) is 27.5. The number of carbonyl (C=O) groups excluding carboxylic acids is 1. The summed E-state index contributed by atoms with van der Waals surface area (Å²) >= 11 is 0. The molecule has 0 bridgehead atoms. The Morgan fingerprint density at radius 2 is 0.952 bits per heavy atom. The maximum absolute atomic E-state index is 12.3. The molecule has 236 valence electrons. The molecule has 0 saturated carbocycles. The maximum atomic E-state index is 12.3. The molecule has 0 amide bonds. The van der Waals surface area contributed by atoms with Crippen molar-refractivity contribution in [3.63, 3.8) is 0 Å². The second-order valence-electron chi connectivity index (χ2n) is 12.2. The highest BCUT2D eigenvalue weighted by Crippen LogP contribution is 2.26. The van der Waals surface area contributed by atoms with Crippen molar-refractivity contribution < 1.29 is 14.3 Å². The van der Waals surface area contributed by atoms with E-state index >= 15 is 0 Å². The quantitative estimate of drug-likeness (QED) is 0.0822. The van der Waals surface area contributed by atoms with Crippen molar-refractivity contribution in [3.05, 3.63) is 54.1 Å². The molecule has 0 aliphatic carbocycles. The Bertz CT molecular complexity index is 902. The summed E-state index contributed by atoms with van der Waals surface area (Å²) in [7, 11) is 0. The van der Waals surface area contributed by atoms with Crippen LogP contribution in [0.3, 0.4) is 0 Å². The molecular formula is C39H62O3. The maximum Gasteiger partial charge on any atom is 0.306 e. The van der Waals surface area contributed by atoms with E-state index in [-0.39, 0.29) is 12.1 Å². The minimum Gasteiger partial charge on any atom is -0.494 e. The molecule has 0 N–H and O–H groups in total. The minimum absolute atomic E-state index is 0.0849. The lowest BCUT2D eigenvalue weighted by atomic mass is 10.0. The van der Waals surface area contributed by atoms with E-state index in [4.69, 9.17) is 9.47 Å². The average Bonchev–Trinajstić information content (AvgIpc) is 3.01. The number of esters is 1. The van der Waals surface area contributed by atoms with Gasteiger partial charge in [0.05, 0.1) is 6.61 Å². The topological polar surface area (TPSA) is 35.5 Å². The first kappa shape index (κ1) is 35.9. The van der Waals surface area contributed by atoms with Gasteiger partial charge in [-0.15, -0.1) is 0 Å². The van der Waals surface area contributed by atoms with Crippen LogP contribution >= 0.6 is 0 Å². The predicted octanol–water partition coefficient (Wildman–Crippen LogP) is 12.6. The molecule has 2 rings (SSSR count). The predicted molar refractivity (Wildman–Crippen MR) is 180 cm³/mol. The standard InChI is InChI=1S/C39H62O3/c1-4-6-8-10-12-14-15-17-19-21-23-33-41-38-31-29-37(30-32-38)36-27-25-35(26-28-36)34(3)42-39(40)24-22-20-18-16-13-11-9-7-5-2/h25-32,34H,4-24,33H2,1-3H3. The van der Waals surface area contributed by atoms with Crippen molar-refractivity contribution in [1.29, 1.82) is 0 Å². The molecule has 0 aliphatic rings. The van der Waals surface area contributed by atoms with E-state index in [1.165, 1.54) is 115 Å². The van der Waals surface area contributed by atoms with E-state index < -0.39 is 0 Å². The largest absolute Gasteiger partial charge is 0.494 e. The highest BCUT2D eigenvalue weighted by molar-refractivity contribution is 5.70. The van der Waals surface area contributed by atoms with Crippen LogP contribution in [0, 0.1) is 0 Å². The van der Waals surface area contributed by atoms with Crippen LogP contribution in [0.25, 0.3) is 11.1 Å². The molecular weight excluding hydrogens is 516 g/mol. The third kappa shape index (κ3) is 17.0. The third-order valence-electron chi connectivity index (χ3n) is 8.38. The van der Waals surface area contributed by atoms with Crippen molar-refractivity contribution in [2.24, 2.45) is 0 Å². The third-order valence-corrected chi connectivity index (χ3v) is 8.38. The number of hydrogen-bond donors (Lipinski definition) is 0. The highest BCUT2D eigenvalue weighted by Gasteiger charge is 2.12. The Morgan fingerprint density at radius 1 is 0.548 bits per heavy atom. The monoisotopic (exact) mass is 578 g/mol. The number of rotatable bonds is 26. The van der Waals surface area contributed by atoms with E-state index in [0.29, 0.717) is 6.42 Å².